The summed E-state index contributed by atoms with van der Waals surface area (Å²) in [5, 5.41) is 10.1. The molecule has 156 valence electrons. The van der Waals surface area contributed by atoms with Gasteiger partial charge in [0, 0.05) is 24.8 Å². The predicted molar refractivity (Wildman–Crippen MR) is 108 cm³/mol. The lowest BCUT2D eigenvalue weighted by Gasteiger charge is -2.19. The third-order valence-electron chi connectivity index (χ3n) is 4.17. The molecule has 0 heterocycles. The number of carbonyl (C=O) groups excluding carboxylic acids is 1. The number of amides is 1. The number of nitrogens with two attached hydrogens (primary N) is 1. The number of methoxy groups -OCH3 is 1. The molecule has 0 spiro atoms. The Morgan fingerprint density at radius 3 is 2.34 bits per heavy atom. The number of nitrogen functional groups attached to an aromatic ring is 1. The van der Waals surface area contributed by atoms with Crippen LogP contribution in [0.1, 0.15) is 36.6 Å². The van der Waals surface area contributed by atoms with Crippen molar-refractivity contribution >= 4 is 11.7 Å². The maximum absolute atomic E-state index is 15.0. The first kappa shape index (κ1) is 22.2. The first-order chi connectivity index (χ1) is 13.9. The van der Waals surface area contributed by atoms with Crippen LogP contribution < -0.4 is 20.5 Å². The number of ether oxygens (including phenoxy) is 3. The fraction of sp³-hybridized carbons (Fsp3) is 0.333. The van der Waals surface area contributed by atoms with E-state index in [0.717, 1.165) is 5.56 Å². The summed E-state index contributed by atoms with van der Waals surface area (Å²) in [5.41, 5.74) is 6.89. The van der Waals surface area contributed by atoms with Gasteiger partial charge in [0.05, 0.1) is 13.2 Å². The zero-order chi connectivity index (χ0) is 21.4. The number of carbonyl (C=O) groups is 1. The SMILES string of the molecule is CCOc1ccc(C(OC)C(=O)NCc2ccc(C(=N)N)cc2)c(F)c1OCC. The number of hydrogen-bond acceptors (Lipinski definition) is 5. The predicted octanol–water partition coefficient (Wildman–Crippen LogP) is 2.91. The van der Waals surface area contributed by atoms with Gasteiger partial charge in [-0.05, 0) is 31.5 Å². The van der Waals surface area contributed by atoms with Crippen LogP contribution in [0.15, 0.2) is 36.4 Å². The van der Waals surface area contributed by atoms with Crippen LogP contribution in [0, 0.1) is 11.2 Å². The van der Waals surface area contributed by atoms with Gasteiger partial charge in [-0.1, -0.05) is 24.3 Å². The van der Waals surface area contributed by atoms with Crippen molar-refractivity contribution in [2.24, 2.45) is 5.73 Å². The average Bonchev–Trinajstić information content (AvgIpc) is 2.71. The lowest BCUT2D eigenvalue weighted by Crippen LogP contribution is -2.30. The quantitative estimate of drug-likeness (QED) is 0.418. The molecule has 2 aromatic carbocycles. The third kappa shape index (κ3) is 5.45. The number of hydrogen-bond donors (Lipinski definition) is 3. The Balaban J connectivity index is 2.18. The molecule has 1 amide bonds. The van der Waals surface area contributed by atoms with E-state index in [1.54, 1.807) is 44.2 Å². The molecule has 2 rings (SSSR count). The van der Waals surface area contributed by atoms with E-state index < -0.39 is 17.8 Å². The molecule has 1 unspecified atom stereocenters. The number of rotatable bonds is 10. The molecule has 0 saturated heterocycles. The van der Waals surface area contributed by atoms with Gasteiger partial charge in [0.1, 0.15) is 5.84 Å². The Bertz CT molecular complexity index is 856. The monoisotopic (exact) mass is 403 g/mol. The van der Waals surface area contributed by atoms with Crippen molar-refractivity contribution in [3.63, 3.8) is 0 Å². The zero-order valence-electron chi connectivity index (χ0n) is 16.8. The second kappa shape index (κ2) is 10.4. The van der Waals surface area contributed by atoms with Crippen molar-refractivity contribution in [3.05, 3.63) is 58.9 Å². The van der Waals surface area contributed by atoms with Gasteiger partial charge in [-0.3, -0.25) is 10.2 Å². The summed E-state index contributed by atoms with van der Waals surface area (Å²) >= 11 is 0. The van der Waals surface area contributed by atoms with E-state index in [4.69, 9.17) is 25.4 Å². The first-order valence-electron chi connectivity index (χ1n) is 9.24. The summed E-state index contributed by atoms with van der Waals surface area (Å²) in [5.74, 6) is -0.978. The summed E-state index contributed by atoms with van der Waals surface area (Å²) in [6, 6.07) is 9.91. The lowest BCUT2D eigenvalue weighted by atomic mass is 10.1. The second-order valence-electron chi connectivity index (χ2n) is 6.11. The minimum atomic E-state index is -1.15. The fourth-order valence-electron chi connectivity index (χ4n) is 2.76. The van der Waals surface area contributed by atoms with Crippen LogP contribution >= 0.6 is 0 Å². The minimum Gasteiger partial charge on any atom is -0.490 e. The Hall–Kier alpha value is -3.13. The fourth-order valence-corrected chi connectivity index (χ4v) is 2.76. The van der Waals surface area contributed by atoms with Crippen molar-refractivity contribution in [2.45, 2.75) is 26.5 Å². The van der Waals surface area contributed by atoms with Gasteiger partial charge in [0.25, 0.3) is 5.91 Å². The van der Waals surface area contributed by atoms with Crippen molar-refractivity contribution in [3.8, 4) is 11.5 Å². The Kier molecular flexibility index (Phi) is 7.97. The van der Waals surface area contributed by atoms with Gasteiger partial charge in [-0.15, -0.1) is 0 Å². The number of amidine groups is 1. The van der Waals surface area contributed by atoms with Crippen molar-refractivity contribution in [1.82, 2.24) is 5.32 Å². The molecule has 29 heavy (non-hydrogen) atoms. The molecule has 8 heteroatoms. The van der Waals surface area contributed by atoms with Crippen LogP contribution in [0.5, 0.6) is 11.5 Å². The van der Waals surface area contributed by atoms with E-state index in [2.05, 4.69) is 5.32 Å². The third-order valence-corrected chi connectivity index (χ3v) is 4.17. The van der Waals surface area contributed by atoms with Gasteiger partial charge < -0.3 is 25.3 Å². The molecule has 0 aliphatic rings. The van der Waals surface area contributed by atoms with Crippen LogP contribution in [-0.2, 0) is 16.1 Å². The normalized spacial score (nSPS) is 11.6. The summed E-state index contributed by atoms with van der Waals surface area (Å²) in [4.78, 5) is 12.6. The van der Waals surface area contributed by atoms with E-state index in [-0.39, 0.29) is 36.0 Å². The molecule has 0 aliphatic carbocycles. The summed E-state index contributed by atoms with van der Waals surface area (Å²) < 4.78 is 31.1. The van der Waals surface area contributed by atoms with Gasteiger partial charge in [0.2, 0.25) is 0 Å². The lowest BCUT2D eigenvalue weighted by molar-refractivity contribution is -0.131. The molecule has 0 aromatic heterocycles. The molecule has 4 N–H and O–H groups in total. The maximum atomic E-state index is 15.0. The zero-order valence-corrected chi connectivity index (χ0v) is 16.8. The van der Waals surface area contributed by atoms with Crippen LogP contribution in [0.25, 0.3) is 0 Å². The molecular weight excluding hydrogens is 377 g/mol. The molecule has 2 aromatic rings. The smallest absolute Gasteiger partial charge is 0.254 e. The Morgan fingerprint density at radius 2 is 1.79 bits per heavy atom. The van der Waals surface area contributed by atoms with Crippen LogP contribution in [0.4, 0.5) is 4.39 Å². The Labute approximate surface area is 169 Å². The number of halogens is 1. The average molecular weight is 403 g/mol. The highest BCUT2D eigenvalue weighted by atomic mass is 19.1. The van der Waals surface area contributed by atoms with E-state index in [9.17, 15) is 4.79 Å². The van der Waals surface area contributed by atoms with E-state index in [1.807, 2.05) is 0 Å². The molecule has 1 atom stereocenters. The highest BCUT2D eigenvalue weighted by molar-refractivity contribution is 5.94. The standard InChI is InChI=1S/C21H26FN3O4/c1-4-28-16-11-10-15(17(22)19(16)29-5-2)18(27-3)21(26)25-12-13-6-8-14(9-7-13)20(23)24/h6-11,18H,4-5,12H2,1-3H3,(H3,23,24)(H,25,26). The van der Waals surface area contributed by atoms with Gasteiger partial charge in [-0.2, -0.15) is 0 Å². The molecular formula is C21H26FN3O4. The molecule has 0 aliphatic heterocycles. The molecule has 0 saturated carbocycles. The van der Waals surface area contributed by atoms with E-state index >= 15 is 4.39 Å². The van der Waals surface area contributed by atoms with Gasteiger partial charge in [0.15, 0.2) is 23.4 Å². The van der Waals surface area contributed by atoms with Crippen LogP contribution in [-0.4, -0.2) is 32.1 Å². The molecule has 0 radical (unpaired) electrons. The number of benzene rings is 2. The largest absolute Gasteiger partial charge is 0.490 e. The minimum absolute atomic E-state index is 0.0314. The van der Waals surface area contributed by atoms with Crippen molar-refractivity contribution < 1.29 is 23.4 Å². The first-order valence-corrected chi connectivity index (χ1v) is 9.24. The highest BCUT2D eigenvalue weighted by Crippen LogP contribution is 2.36. The number of nitrogens with one attached hydrogen (secondary N) is 2. The molecule has 7 nitrogen and oxygen atoms in total. The van der Waals surface area contributed by atoms with Crippen LogP contribution in [0.2, 0.25) is 0 Å². The summed E-state index contributed by atoms with van der Waals surface area (Å²) in [6.07, 6.45) is -1.15. The van der Waals surface area contributed by atoms with Gasteiger partial charge in [-0.25, -0.2) is 4.39 Å². The van der Waals surface area contributed by atoms with Crippen molar-refractivity contribution in [1.29, 1.82) is 5.41 Å². The molecule has 0 fully saturated rings. The molecule has 0 bridgehead atoms. The summed E-state index contributed by atoms with van der Waals surface area (Å²) in [7, 11) is 1.34. The topological polar surface area (TPSA) is 107 Å². The Morgan fingerprint density at radius 1 is 1.14 bits per heavy atom. The summed E-state index contributed by atoms with van der Waals surface area (Å²) in [6.45, 7) is 4.35. The van der Waals surface area contributed by atoms with E-state index in [0.29, 0.717) is 12.2 Å². The van der Waals surface area contributed by atoms with Gasteiger partial charge >= 0.3 is 0 Å². The van der Waals surface area contributed by atoms with Crippen molar-refractivity contribution in [2.75, 3.05) is 20.3 Å². The van der Waals surface area contributed by atoms with E-state index in [1.165, 1.54) is 13.2 Å². The second-order valence-corrected chi connectivity index (χ2v) is 6.11. The maximum Gasteiger partial charge on any atom is 0.254 e. The van der Waals surface area contributed by atoms with Crippen LogP contribution in [0.3, 0.4) is 0 Å². The highest BCUT2D eigenvalue weighted by Gasteiger charge is 2.27.